The van der Waals surface area contributed by atoms with Crippen LogP contribution in [0.2, 0.25) is 0 Å². The maximum Gasteiger partial charge on any atom is 0.136 e. The van der Waals surface area contributed by atoms with Crippen LogP contribution in [0.1, 0.15) is 11.1 Å². The zero-order valence-corrected chi connectivity index (χ0v) is 38.8. The van der Waals surface area contributed by atoms with Gasteiger partial charge in [-0.25, -0.2) is 0 Å². The lowest BCUT2D eigenvalue weighted by Crippen LogP contribution is -2.14. The van der Waals surface area contributed by atoms with Gasteiger partial charge in [0, 0.05) is 59.4 Å². The van der Waals surface area contributed by atoms with Crippen molar-refractivity contribution in [3.63, 3.8) is 0 Å². The first-order chi connectivity index (χ1) is 36.2. The molecule has 16 aromatic rings. The van der Waals surface area contributed by atoms with Crippen LogP contribution in [0, 0.1) is 22.7 Å². The van der Waals surface area contributed by atoms with Crippen LogP contribution in [0.25, 0.3) is 148 Å². The minimum atomic E-state index is 0.351. The van der Waals surface area contributed by atoms with Gasteiger partial charge >= 0.3 is 0 Å². The Morgan fingerprint density at radius 1 is 0.301 bits per heavy atom. The van der Waals surface area contributed by atoms with Crippen molar-refractivity contribution in [3.05, 3.63) is 223 Å². The Morgan fingerprint density at radius 2 is 0.740 bits per heavy atom. The standard InChI is InChI=1S/C66H35N5O2/c67-36-50-64(71-56-31-29-38-15-1-2-16-40(38)63(56)49-35-61-48(34-57(49)71)46-22-8-14-28-59(46)73-61)51(37-68)66(70-54-25-11-5-19-43(54)44-20-6-12-26-55(44)70)62(39-30-32-60-47(33-39)45-21-7-13-27-58(45)72-60)65(50)69-52-23-9-3-17-41(52)42-18-4-10-24-53(42)69/h1-35H. The first-order valence-corrected chi connectivity index (χ1v) is 24.4. The van der Waals surface area contributed by atoms with Gasteiger partial charge in [-0.1, -0.05) is 146 Å². The summed E-state index contributed by atoms with van der Waals surface area (Å²) in [5.74, 6) is 0. The molecule has 0 saturated carbocycles. The van der Waals surface area contributed by atoms with Gasteiger partial charge in [-0.15, -0.1) is 0 Å². The molecule has 0 aliphatic carbocycles. The highest BCUT2D eigenvalue weighted by Crippen LogP contribution is 2.50. The van der Waals surface area contributed by atoms with E-state index in [2.05, 4.69) is 196 Å². The largest absolute Gasteiger partial charge is 0.456 e. The Morgan fingerprint density at radius 3 is 1.29 bits per heavy atom. The van der Waals surface area contributed by atoms with Gasteiger partial charge in [0.25, 0.3) is 0 Å². The number of rotatable bonds is 4. The summed E-state index contributed by atoms with van der Waals surface area (Å²) in [6.07, 6.45) is 0. The van der Waals surface area contributed by atoms with E-state index in [1.807, 2.05) is 42.5 Å². The van der Waals surface area contributed by atoms with Crippen LogP contribution >= 0.6 is 0 Å². The number of hydrogen-bond donors (Lipinski definition) is 0. The van der Waals surface area contributed by atoms with Crippen LogP contribution in [0.15, 0.2) is 221 Å². The summed E-state index contributed by atoms with van der Waals surface area (Å²) in [6, 6.07) is 78.9. The molecule has 5 heterocycles. The Balaban J connectivity index is 1.21. The molecule has 0 spiro atoms. The zero-order valence-electron chi connectivity index (χ0n) is 38.8. The third kappa shape index (κ3) is 5.24. The van der Waals surface area contributed by atoms with Gasteiger partial charge in [-0.3, -0.25) is 0 Å². The van der Waals surface area contributed by atoms with Crippen LogP contribution in [0.4, 0.5) is 0 Å². The van der Waals surface area contributed by atoms with Gasteiger partial charge in [0.2, 0.25) is 0 Å². The van der Waals surface area contributed by atoms with E-state index in [4.69, 9.17) is 8.83 Å². The zero-order chi connectivity index (χ0) is 48.1. The highest BCUT2D eigenvalue weighted by Gasteiger charge is 2.34. The van der Waals surface area contributed by atoms with Crippen molar-refractivity contribution in [1.29, 1.82) is 10.5 Å². The minimum absolute atomic E-state index is 0.351. The molecule has 7 nitrogen and oxygen atoms in total. The summed E-state index contributed by atoms with van der Waals surface area (Å²) >= 11 is 0. The molecule has 11 aromatic carbocycles. The minimum Gasteiger partial charge on any atom is -0.456 e. The molecule has 0 bridgehead atoms. The van der Waals surface area contributed by atoms with Gasteiger partial charge in [-0.05, 0) is 83.1 Å². The Kier molecular flexibility index (Phi) is 7.90. The third-order valence-electron chi connectivity index (χ3n) is 15.3. The summed E-state index contributed by atoms with van der Waals surface area (Å²) in [5, 5.41) is 37.0. The van der Waals surface area contributed by atoms with Crippen molar-refractivity contribution in [1.82, 2.24) is 13.7 Å². The lowest BCUT2D eigenvalue weighted by Gasteiger charge is -2.26. The fraction of sp³-hybridized carbons (Fsp3) is 0. The van der Waals surface area contributed by atoms with E-state index in [1.165, 1.54) is 0 Å². The average molecular weight is 930 g/mol. The topological polar surface area (TPSA) is 88.6 Å². The number of nitrogens with zero attached hydrogens (tertiary/aromatic N) is 5. The molecule has 5 aromatic heterocycles. The number of benzene rings is 11. The summed E-state index contributed by atoms with van der Waals surface area (Å²) in [7, 11) is 0. The lowest BCUT2D eigenvalue weighted by atomic mass is 9.90. The Labute approximate surface area is 415 Å². The van der Waals surface area contributed by atoms with Crippen molar-refractivity contribution in [2.75, 3.05) is 0 Å². The van der Waals surface area contributed by atoms with Crippen molar-refractivity contribution < 1.29 is 8.83 Å². The van der Waals surface area contributed by atoms with Gasteiger partial charge in [0.15, 0.2) is 0 Å². The molecule has 0 radical (unpaired) electrons. The number of fused-ring (bicyclic) bond motifs is 17. The van der Waals surface area contributed by atoms with Crippen LogP contribution in [-0.4, -0.2) is 13.7 Å². The van der Waals surface area contributed by atoms with E-state index in [-0.39, 0.29) is 0 Å². The average Bonchev–Trinajstić information content (AvgIpc) is 4.29. The van der Waals surface area contributed by atoms with E-state index >= 15 is 0 Å². The molecule has 0 atom stereocenters. The molecule has 0 fully saturated rings. The second-order valence-corrected chi connectivity index (χ2v) is 18.9. The summed E-state index contributed by atoms with van der Waals surface area (Å²) in [4.78, 5) is 0. The number of hydrogen-bond acceptors (Lipinski definition) is 4. The van der Waals surface area contributed by atoms with E-state index in [9.17, 15) is 10.5 Å². The third-order valence-corrected chi connectivity index (χ3v) is 15.3. The predicted octanol–water partition coefficient (Wildman–Crippen LogP) is 17.3. The molecule has 336 valence electrons. The molecule has 73 heavy (non-hydrogen) atoms. The monoisotopic (exact) mass is 929 g/mol. The summed E-state index contributed by atoms with van der Waals surface area (Å²) in [6.45, 7) is 0. The summed E-state index contributed by atoms with van der Waals surface area (Å²) < 4.78 is 19.8. The molecular weight excluding hydrogens is 895 g/mol. The number of furan rings is 2. The SMILES string of the molecule is N#Cc1c(-n2c3ccccc3c3ccccc32)c(-c2ccc3oc4ccccc4c3c2)c(-n2c3ccccc3c3ccccc32)c(C#N)c1-n1c2cc3c(cc2c2c4ccccc4ccc21)oc1ccccc13. The first-order valence-electron chi connectivity index (χ1n) is 24.4. The second-order valence-electron chi connectivity index (χ2n) is 18.9. The highest BCUT2D eigenvalue weighted by molar-refractivity contribution is 6.25. The number of para-hydroxylation sites is 6. The maximum absolute atomic E-state index is 12.5. The molecule has 0 aliphatic heterocycles. The van der Waals surface area contributed by atoms with Gasteiger partial charge < -0.3 is 22.5 Å². The molecule has 0 unspecified atom stereocenters. The van der Waals surface area contributed by atoms with Crippen LogP contribution in [-0.2, 0) is 0 Å². The van der Waals surface area contributed by atoms with Crippen molar-refractivity contribution >= 4 is 120 Å². The van der Waals surface area contributed by atoms with Crippen LogP contribution in [0.3, 0.4) is 0 Å². The van der Waals surface area contributed by atoms with E-state index < -0.39 is 0 Å². The smallest absolute Gasteiger partial charge is 0.136 e. The summed E-state index contributed by atoms with van der Waals surface area (Å²) in [5.41, 5.74) is 12.6. The Bertz CT molecular complexity index is 4940. The fourth-order valence-electron chi connectivity index (χ4n) is 12.3. The lowest BCUT2D eigenvalue weighted by molar-refractivity contribution is 0.669. The van der Waals surface area contributed by atoms with Crippen molar-refractivity contribution in [3.8, 4) is 40.3 Å². The normalized spacial score (nSPS) is 12.1. The number of aromatic nitrogens is 3. The van der Waals surface area contributed by atoms with E-state index in [0.29, 0.717) is 28.2 Å². The van der Waals surface area contributed by atoms with Gasteiger partial charge in [0.1, 0.15) is 45.6 Å². The van der Waals surface area contributed by atoms with Crippen molar-refractivity contribution in [2.24, 2.45) is 0 Å². The molecular formula is C66H35N5O2. The number of nitriles is 2. The molecule has 0 N–H and O–H groups in total. The fourth-order valence-corrected chi connectivity index (χ4v) is 12.3. The van der Waals surface area contributed by atoms with E-state index in [0.717, 1.165) is 131 Å². The van der Waals surface area contributed by atoms with Gasteiger partial charge in [-0.2, -0.15) is 10.5 Å². The maximum atomic E-state index is 12.5. The Hall–Kier alpha value is -10.3. The predicted molar refractivity (Wildman–Crippen MR) is 296 cm³/mol. The quantitative estimate of drug-likeness (QED) is 0.176. The molecule has 16 rings (SSSR count). The molecule has 0 amide bonds. The van der Waals surface area contributed by atoms with Crippen LogP contribution in [0.5, 0.6) is 0 Å². The first kappa shape index (κ1) is 39.5. The van der Waals surface area contributed by atoms with E-state index in [1.54, 1.807) is 0 Å². The molecule has 0 saturated heterocycles. The molecule has 7 heteroatoms. The van der Waals surface area contributed by atoms with Gasteiger partial charge in [0.05, 0.1) is 50.2 Å². The van der Waals surface area contributed by atoms with Crippen LogP contribution < -0.4 is 0 Å². The van der Waals surface area contributed by atoms with Crippen molar-refractivity contribution in [2.45, 2.75) is 0 Å². The molecule has 0 aliphatic rings. The highest BCUT2D eigenvalue weighted by atomic mass is 16.3. The second kappa shape index (κ2) is 14.6.